The normalized spacial score (nSPS) is 26.2. The van der Waals surface area contributed by atoms with Crippen LogP contribution in [0.25, 0.3) is 11.0 Å². The third-order valence-electron chi connectivity index (χ3n) is 6.03. The van der Waals surface area contributed by atoms with Gasteiger partial charge in [0.1, 0.15) is 30.3 Å². The van der Waals surface area contributed by atoms with Crippen molar-refractivity contribution in [2.45, 2.75) is 50.1 Å². The number of fused-ring (bicyclic) bond motifs is 2. The number of halogens is 4. The number of benzene rings is 1. The minimum absolute atomic E-state index is 0.228. The summed E-state index contributed by atoms with van der Waals surface area (Å²) in [6.45, 7) is 2.66. The van der Waals surface area contributed by atoms with Gasteiger partial charge in [0.25, 0.3) is 0 Å². The Labute approximate surface area is 202 Å². The first-order valence-corrected chi connectivity index (χ1v) is 11.0. The molecule has 1 aromatic carbocycles. The Kier molecular flexibility index (Phi) is 7.02. The highest BCUT2D eigenvalue weighted by atomic mass is 35.5. The van der Waals surface area contributed by atoms with Crippen LogP contribution in [0.5, 0.6) is 0 Å². The molecule has 5 atom stereocenters. The number of hydrogen-bond acceptors (Lipinski definition) is 7. The van der Waals surface area contributed by atoms with Gasteiger partial charge in [0.15, 0.2) is 6.23 Å². The molecule has 0 unspecified atom stereocenters. The minimum atomic E-state index is -5.08. The molecule has 0 radical (unpaired) electrons. The average Bonchev–Trinajstić information content (AvgIpc) is 3.35. The number of alkyl halides is 3. The number of aliphatic carboxylic acids is 1. The molecule has 0 saturated carbocycles. The number of aliphatic hydroxyl groups excluding tert-OH is 2. The number of carboxylic acid groups (broad SMARTS) is 1. The van der Waals surface area contributed by atoms with Gasteiger partial charge >= 0.3 is 12.1 Å². The Balaban J connectivity index is 0.000000364. The molecule has 0 bridgehead atoms. The third-order valence-corrected chi connectivity index (χ3v) is 6.26. The Morgan fingerprint density at radius 1 is 1.23 bits per heavy atom. The Bertz CT molecular complexity index is 1240. The predicted molar refractivity (Wildman–Crippen MR) is 118 cm³/mol. The van der Waals surface area contributed by atoms with Crippen LogP contribution in [0.3, 0.4) is 0 Å². The molecule has 1 saturated heterocycles. The molecule has 0 amide bonds. The van der Waals surface area contributed by atoms with E-state index in [2.05, 4.69) is 15.3 Å². The summed E-state index contributed by atoms with van der Waals surface area (Å²) >= 11 is 6.14. The Morgan fingerprint density at radius 2 is 1.94 bits per heavy atom. The molecule has 1 fully saturated rings. The van der Waals surface area contributed by atoms with Crippen molar-refractivity contribution < 1.29 is 38.0 Å². The topological polar surface area (TPSA) is 130 Å². The van der Waals surface area contributed by atoms with Crippen molar-refractivity contribution in [1.29, 1.82) is 0 Å². The van der Waals surface area contributed by atoms with Gasteiger partial charge in [-0.05, 0) is 49.2 Å². The molecule has 4 N–H and O–H groups in total. The molecule has 2 aromatic heterocycles. The molecule has 0 spiro atoms. The number of nitrogens with one attached hydrogen (secondary N) is 1. The maximum Gasteiger partial charge on any atom is 0.490 e. The third kappa shape index (κ3) is 4.98. The number of ether oxygens (including phenoxy) is 1. The first-order valence-electron chi connectivity index (χ1n) is 10.6. The van der Waals surface area contributed by atoms with Crippen molar-refractivity contribution in [2.75, 3.05) is 6.54 Å². The summed E-state index contributed by atoms with van der Waals surface area (Å²) in [6.07, 6.45) is -4.35. The lowest BCUT2D eigenvalue weighted by molar-refractivity contribution is -0.192. The van der Waals surface area contributed by atoms with E-state index in [1.54, 1.807) is 4.57 Å². The van der Waals surface area contributed by atoms with Crippen LogP contribution >= 0.6 is 11.6 Å². The van der Waals surface area contributed by atoms with Crippen molar-refractivity contribution >= 4 is 28.6 Å². The monoisotopic (exact) mass is 514 g/mol. The maximum absolute atomic E-state index is 10.8. The van der Waals surface area contributed by atoms with E-state index in [1.165, 1.54) is 6.33 Å². The molecule has 2 aliphatic heterocycles. The lowest BCUT2D eigenvalue weighted by Crippen LogP contribution is -2.43. The van der Waals surface area contributed by atoms with E-state index in [1.807, 2.05) is 37.4 Å². The second kappa shape index (κ2) is 9.70. The number of aromatic nitrogens is 3. The van der Waals surface area contributed by atoms with Gasteiger partial charge in [-0.3, -0.25) is 0 Å². The molecule has 35 heavy (non-hydrogen) atoms. The molecule has 2 aliphatic rings. The van der Waals surface area contributed by atoms with Gasteiger partial charge in [-0.15, -0.1) is 0 Å². The minimum Gasteiger partial charge on any atom is -0.475 e. The summed E-state index contributed by atoms with van der Waals surface area (Å²) in [5, 5.41) is 33.7. The smallest absolute Gasteiger partial charge is 0.475 e. The average molecular weight is 515 g/mol. The second-order valence-corrected chi connectivity index (χ2v) is 8.66. The van der Waals surface area contributed by atoms with Gasteiger partial charge in [0.2, 0.25) is 0 Å². The zero-order valence-corrected chi connectivity index (χ0v) is 19.0. The zero-order valence-electron chi connectivity index (χ0n) is 18.3. The number of aryl methyl sites for hydroxylation is 1. The molecular weight excluding hydrogens is 493 g/mol. The summed E-state index contributed by atoms with van der Waals surface area (Å²) in [5.41, 5.74) is 3.71. The number of carbonyl (C=O) groups is 1. The summed E-state index contributed by atoms with van der Waals surface area (Å²) in [6, 6.07) is 7.44. The molecule has 13 heteroatoms. The molecule has 9 nitrogen and oxygen atoms in total. The first kappa shape index (κ1) is 25.3. The predicted octanol–water partition coefficient (Wildman–Crippen LogP) is 2.53. The number of carboxylic acids is 1. The van der Waals surface area contributed by atoms with Crippen molar-refractivity contribution in [3.63, 3.8) is 0 Å². The summed E-state index contributed by atoms with van der Waals surface area (Å²) in [7, 11) is 0. The van der Waals surface area contributed by atoms with Gasteiger partial charge in [0, 0.05) is 16.6 Å². The lowest BCUT2D eigenvalue weighted by Gasteiger charge is -2.32. The van der Waals surface area contributed by atoms with E-state index in [0.29, 0.717) is 10.7 Å². The highest BCUT2D eigenvalue weighted by Crippen LogP contribution is 2.39. The van der Waals surface area contributed by atoms with E-state index < -0.39 is 36.7 Å². The van der Waals surface area contributed by atoms with Crippen LogP contribution in [0.2, 0.25) is 5.02 Å². The molecule has 188 valence electrons. The van der Waals surface area contributed by atoms with Gasteiger partial charge in [-0.1, -0.05) is 17.7 Å². The van der Waals surface area contributed by atoms with Crippen molar-refractivity contribution in [3.8, 4) is 0 Å². The number of aliphatic hydroxyl groups is 2. The Morgan fingerprint density at radius 3 is 2.63 bits per heavy atom. The van der Waals surface area contributed by atoms with Crippen LogP contribution in [0.1, 0.15) is 29.1 Å². The van der Waals surface area contributed by atoms with Crippen LogP contribution in [-0.4, -0.2) is 66.9 Å². The van der Waals surface area contributed by atoms with E-state index in [9.17, 15) is 23.4 Å². The van der Waals surface area contributed by atoms with Gasteiger partial charge in [-0.25, -0.2) is 14.8 Å². The van der Waals surface area contributed by atoms with E-state index in [4.69, 9.17) is 26.2 Å². The fraction of sp³-hybridized carbons (Fsp3) is 0.409. The van der Waals surface area contributed by atoms with E-state index in [-0.39, 0.29) is 6.04 Å². The van der Waals surface area contributed by atoms with E-state index in [0.717, 1.165) is 35.2 Å². The van der Waals surface area contributed by atoms with Crippen LogP contribution < -0.4 is 5.32 Å². The van der Waals surface area contributed by atoms with Crippen LogP contribution in [0.15, 0.2) is 36.8 Å². The summed E-state index contributed by atoms with van der Waals surface area (Å²) < 4.78 is 39.7. The largest absolute Gasteiger partial charge is 0.490 e. The van der Waals surface area contributed by atoms with Crippen LogP contribution in [0.4, 0.5) is 13.2 Å². The van der Waals surface area contributed by atoms with E-state index >= 15 is 0 Å². The van der Waals surface area contributed by atoms with Crippen LogP contribution in [0, 0.1) is 6.92 Å². The molecule has 3 aromatic rings. The van der Waals surface area contributed by atoms with Gasteiger partial charge < -0.3 is 29.9 Å². The van der Waals surface area contributed by atoms with Crippen LogP contribution in [-0.2, 0) is 16.0 Å². The number of rotatable bonds is 2. The number of hydrogen-bond donors (Lipinski definition) is 4. The molecule has 4 heterocycles. The molecule has 5 rings (SSSR count). The van der Waals surface area contributed by atoms with Gasteiger partial charge in [-0.2, -0.15) is 13.2 Å². The SMILES string of the molecule is Cc1ncnc2c1ccn2[C@@H]1O[C@H]([C@@H]2NCCc3cc(Cl)ccc32)[C@@H](O)[C@H]1O.O=C(O)C(F)(F)F. The summed E-state index contributed by atoms with van der Waals surface area (Å²) in [5.74, 6) is -2.76. The summed E-state index contributed by atoms with van der Waals surface area (Å²) in [4.78, 5) is 17.4. The Hall–Kier alpha value is -2.77. The quantitative estimate of drug-likeness (QED) is 0.410. The van der Waals surface area contributed by atoms with Gasteiger partial charge in [0.05, 0.1) is 11.7 Å². The standard InChI is InChI=1S/C20H21ClN4O3.C2HF3O2/c1-10-13-5-7-25(19(13)24-9-23-10)20-17(27)16(26)18(28-20)15-14-3-2-12(21)8-11(14)4-6-22-15;3-2(4,5)1(6)7/h2-3,5,7-9,15-18,20,22,26-27H,4,6H2,1H3;(H,6,7)/t15-,16+,17-,18-,20-;/m1./s1. The fourth-order valence-electron chi connectivity index (χ4n) is 4.35. The molecular formula is C22H22ClF3N4O5. The first-order chi connectivity index (χ1) is 16.5. The zero-order chi connectivity index (χ0) is 25.5. The van der Waals surface area contributed by atoms with Crippen molar-refractivity contribution in [1.82, 2.24) is 19.9 Å². The lowest BCUT2D eigenvalue weighted by atomic mass is 9.89. The second-order valence-electron chi connectivity index (χ2n) is 8.22. The van der Waals surface area contributed by atoms with Crippen molar-refractivity contribution in [2.24, 2.45) is 0 Å². The highest BCUT2D eigenvalue weighted by molar-refractivity contribution is 6.30. The maximum atomic E-state index is 10.8. The highest BCUT2D eigenvalue weighted by Gasteiger charge is 2.48. The number of nitrogens with zero attached hydrogens (tertiary/aromatic N) is 3. The molecule has 0 aliphatic carbocycles. The van der Waals surface area contributed by atoms with Crippen molar-refractivity contribution in [3.05, 3.63) is 58.6 Å². The fourth-order valence-corrected chi connectivity index (χ4v) is 4.55.